The van der Waals surface area contributed by atoms with Crippen molar-refractivity contribution in [1.82, 2.24) is 0 Å². The molecule has 1 aliphatic heterocycles. The molecule has 1 aromatic rings. The first kappa shape index (κ1) is 8.34. The zero-order valence-corrected chi connectivity index (χ0v) is 7.23. The van der Waals surface area contributed by atoms with E-state index in [-0.39, 0.29) is 6.29 Å². The van der Waals surface area contributed by atoms with Crippen LogP contribution in [-0.2, 0) is 9.62 Å². The fourth-order valence-corrected chi connectivity index (χ4v) is 0.955. The summed E-state index contributed by atoms with van der Waals surface area (Å²) in [7, 11) is 1.46. The Morgan fingerprint density at radius 2 is 2.15 bits per heavy atom. The Balaban J connectivity index is 2.02. The normalized spacial score (nSPS) is 19.6. The summed E-state index contributed by atoms with van der Waals surface area (Å²) in [4.78, 5) is 9.34. The van der Waals surface area contributed by atoms with Crippen LogP contribution < -0.4 is 9.62 Å². The largest absolute Gasteiger partial charge is 0.462 e. The maximum absolute atomic E-state index is 5.35. The maximum Gasteiger partial charge on any atom is 0.223 e. The summed E-state index contributed by atoms with van der Waals surface area (Å²) in [5.41, 5.74) is 0. The van der Waals surface area contributed by atoms with Gasteiger partial charge in [0.05, 0.1) is 7.11 Å². The van der Waals surface area contributed by atoms with Crippen LogP contribution in [0.25, 0.3) is 0 Å². The Morgan fingerprint density at radius 3 is 2.85 bits per heavy atom. The van der Waals surface area contributed by atoms with Gasteiger partial charge < -0.3 is 14.4 Å². The average Bonchev–Trinajstić information content (AvgIpc) is 2.90. The highest BCUT2D eigenvalue weighted by molar-refractivity contribution is 5.32. The number of hydrogen-bond acceptors (Lipinski definition) is 4. The van der Waals surface area contributed by atoms with E-state index in [9.17, 15) is 0 Å². The molecule has 13 heavy (non-hydrogen) atoms. The Kier molecular flexibility index (Phi) is 2.33. The molecule has 0 amide bonds. The summed E-state index contributed by atoms with van der Waals surface area (Å²) in [6.07, 6.45) is -0.0854. The lowest BCUT2D eigenvalue weighted by atomic mass is 10.3. The predicted molar refractivity (Wildman–Crippen MR) is 44.4 cm³/mol. The number of epoxide rings is 1. The number of hydrogen-bond donors (Lipinski definition) is 0. The lowest BCUT2D eigenvalue weighted by molar-refractivity contribution is -0.178. The summed E-state index contributed by atoms with van der Waals surface area (Å²) >= 11 is 0. The van der Waals surface area contributed by atoms with Gasteiger partial charge in [-0.25, -0.2) is 0 Å². The molecule has 1 fully saturated rings. The summed E-state index contributed by atoms with van der Waals surface area (Å²) in [5, 5.41) is 0. The second kappa shape index (κ2) is 3.64. The minimum absolute atomic E-state index is 0.0854. The van der Waals surface area contributed by atoms with E-state index in [0.717, 1.165) is 5.75 Å². The molecule has 1 heterocycles. The third-order valence-corrected chi connectivity index (χ3v) is 1.56. The molecule has 1 aliphatic rings. The van der Waals surface area contributed by atoms with Crippen molar-refractivity contribution in [2.75, 3.05) is 13.7 Å². The van der Waals surface area contributed by atoms with Crippen LogP contribution in [0.1, 0.15) is 0 Å². The highest BCUT2D eigenvalue weighted by atomic mass is 17.2. The monoisotopic (exact) mass is 182 g/mol. The molecule has 1 aromatic carbocycles. The zero-order chi connectivity index (χ0) is 9.10. The van der Waals surface area contributed by atoms with Crippen molar-refractivity contribution in [1.29, 1.82) is 0 Å². The van der Waals surface area contributed by atoms with Crippen LogP contribution in [0, 0.1) is 0 Å². The molecule has 0 saturated carbocycles. The van der Waals surface area contributed by atoms with Crippen molar-refractivity contribution in [3.8, 4) is 11.5 Å². The average molecular weight is 182 g/mol. The zero-order valence-electron chi connectivity index (χ0n) is 7.23. The summed E-state index contributed by atoms with van der Waals surface area (Å²) in [5.74, 6) is 1.33. The van der Waals surface area contributed by atoms with Crippen LogP contribution in [0.3, 0.4) is 0 Å². The van der Waals surface area contributed by atoms with Crippen molar-refractivity contribution in [3.63, 3.8) is 0 Å². The van der Waals surface area contributed by atoms with E-state index >= 15 is 0 Å². The third kappa shape index (κ3) is 2.34. The van der Waals surface area contributed by atoms with Gasteiger partial charge in [-0.05, 0) is 12.1 Å². The van der Waals surface area contributed by atoms with E-state index in [1.54, 1.807) is 12.1 Å². The molecule has 1 unspecified atom stereocenters. The van der Waals surface area contributed by atoms with Crippen molar-refractivity contribution in [2.45, 2.75) is 6.29 Å². The fourth-order valence-electron chi connectivity index (χ4n) is 0.955. The highest BCUT2D eigenvalue weighted by Crippen LogP contribution is 2.23. The van der Waals surface area contributed by atoms with Gasteiger partial charge >= 0.3 is 0 Å². The SMILES string of the molecule is COOc1cccc(OC2CO2)c1. The van der Waals surface area contributed by atoms with Gasteiger partial charge in [-0.15, -0.1) is 0 Å². The Bertz CT molecular complexity index is 283. The molecule has 0 aromatic heterocycles. The topological polar surface area (TPSA) is 40.2 Å². The smallest absolute Gasteiger partial charge is 0.223 e. The third-order valence-electron chi connectivity index (χ3n) is 1.56. The fraction of sp³-hybridized carbons (Fsp3) is 0.333. The Morgan fingerprint density at radius 1 is 1.38 bits per heavy atom. The van der Waals surface area contributed by atoms with Crippen LogP contribution in [0.2, 0.25) is 0 Å². The van der Waals surface area contributed by atoms with Crippen LogP contribution >= 0.6 is 0 Å². The quantitative estimate of drug-likeness (QED) is 0.400. The first-order valence-corrected chi connectivity index (χ1v) is 3.97. The molecule has 0 radical (unpaired) electrons. The molecule has 1 atom stereocenters. The molecule has 0 bridgehead atoms. The minimum Gasteiger partial charge on any atom is -0.462 e. The van der Waals surface area contributed by atoms with Crippen molar-refractivity contribution < 1.29 is 19.2 Å². The van der Waals surface area contributed by atoms with Gasteiger partial charge in [-0.2, -0.15) is 4.89 Å². The van der Waals surface area contributed by atoms with E-state index in [1.807, 2.05) is 12.1 Å². The lowest BCUT2D eigenvalue weighted by Gasteiger charge is -2.04. The molecule has 70 valence electrons. The molecule has 2 rings (SSSR count). The maximum atomic E-state index is 5.35. The van der Waals surface area contributed by atoms with Crippen molar-refractivity contribution in [2.24, 2.45) is 0 Å². The number of rotatable bonds is 4. The number of ether oxygens (including phenoxy) is 2. The molecule has 0 N–H and O–H groups in total. The van der Waals surface area contributed by atoms with Gasteiger partial charge in [-0.3, -0.25) is 0 Å². The van der Waals surface area contributed by atoms with Crippen molar-refractivity contribution in [3.05, 3.63) is 24.3 Å². The molecule has 0 spiro atoms. The lowest BCUT2D eigenvalue weighted by Crippen LogP contribution is -1.98. The Labute approximate surface area is 75.9 Å². The van der Waals surface area contributed by atoms with E-state index in [0.29, 0.717) is 12.4 Å². The van der Waals surface area contributed by atoms with Crippen LogP contribution in [-0.4, -0.2) is 20.0 Å². The summed E-state index contributed by atoms with van der Waals surface area (Å²) < 4.78 is 10.3. The summed E-state index contributed by atoms with van der Waals surface area (Å²) in [6.45, 7) is 0.662. The Hall–Kier alpha value is -1.26. The van der Waals surface area contributed by atoms with E-state index < -0.39 is 0 Å². The van der Waals surface area contributed by atoms with Gasteiger partial charge in [0.2, 0.25) is 6.29 Å². The van der Waals surface area contributed by atoms with Crippen LogP contribution in [0.4, 0.5) is 0 Å². The molecule has 4 heteroatoms. The van der Waals surface area contributed by atoms with E-state index in [4.69, 9.17) is 14.4 Å². The predicted octanol–water partition coefficient (Wildman–Crippen LogP) is 1.36. The second-order valence-corrected chi connectivity index (χ2v) is 2.61. The molecular formula is C9H10O4. The van der Waals surface area contributed by atoms with E-state index in [1.165, 1.54) is 7.11 Å². The van der Waals surface area contributed by atoms with Gasteiger partial charge in [0, 0.05) is 6.07 Å². The van der Waals surface area contributed by atoms with Crippen molar-refractivity contribution >= 4 is 0 Å². The summed E-state index contributed by atoms with van der Waals surface area (Å²) in [6, 6.07) is 7.19. The molecular weight excluding hydrogens is 172 g/mol. The first-order valence-electron chi connectivity index (χ1n) is 3.97. The highest BCUT2D eigenvalue weighted by Gasteiger charge is 2.24. The van der Waals surface area contributed by atoms with Gasteiger partial charge in [0.25, 0.3) is 0 Å². The molecule has 0 aliphatic carbocycles. The van der Waals surface area contributed by atoms with Crippen LogP contribution in [0.15, 0.2) is 24.3 Å². The molecule has 1 saturated heterocycles. The van der Waals surface area contributed by atoms with Gasteiger partial charge in [0.1, 0.15) is 12.4 Å². The van der Waals surface area contributed by atoms with Gasteiger partial charge in [-0.1, -0.05) is 6.07 Å². The number of benzene rings is 1. The second-order valence-electron chi connectivity index (χ2n) is 2.61. The minimum atomic E-state index is -0.0854. The van der Waals surface area contributed by atoms with Gasteiger partial charge in [0.15, 0.2) is 5.75 Å². The van der Waals surface area contributed by atoms with E-state index in [2.05, 4.69) is 4.89 Å². The first-order chi connectivity index (χ1) is 6.38. The molecule has 4 nitrogen and oxygen atoms in total. The standard InChI is InChI=1S/C9H10O4/c1-10-13-8-4-2-3-7(5-8)12-9-6-11-9/h2-5,9H,6H2,1H3. The van der Waals surface area contributed by atoms with Crippen LogP contribution in [0.5, 0.6) is 11.5 Å².